The lowest BCUT2D eigenvalue weighted by Crippen LogP contribution is -2.30. The van der Waals surface area contributed by atoms with Gasteiger partial charge in [0.15, 0.2) is 0 Å². The summed E-state index contributed by atoms with van der Waals surface area (Å²) in [6, 6.07) is 18.9. The maximum absolute atomic E-state index is 14.0. The van der Waals surface area contributed by atoms with E-state index in [1.807, 2.05) is 31.2 Å². The Balaban J connectivity index is 1.52. The Morgan fingerprint density at radius 1 is 0.862 bits per heavy atom. The van der Waals surface area contributed by atoms with E-state index in [9.17, 15) is 24.0 Å². The van der Waals surface area contributed by atoms with Gasteiger partial charge in [-0.15, -0.1) is 11.8 Å². The second kappa shape index (κ2) is 20.4. The molecule has 0 aromatic heterocycles. The molecule has 2 aliphatic rings. The maximum atomic E-state index is 14.0. The summed E-state index contributed by atoms with van der Waals surface area (Å²) in [5.74, 6) is 2.11. The number of carbonyl (C=O) groups is 5. The zero-order valence-electron chi connectivity index (χ0n) is 32.9. The van der Waals surface area contributed by atoms with Crippen LogP contribution in [0.1, 0.15) is 93.8 Å². The number of benzene rings is 3. The lowest BCUT2D eigenvalue weighted by molar-refractivity contribution is -0.172. The fraction of sp³-hybridized carbons (Fsp3) is 0.400. The highest BCUT2D eigenvalue weighted by Crippen LogP contribution is 2.53. The Labute approximate surface area is 348 Å². The van der Waals surface area contributed by atoms with Gasteiger partial charge in [-0.3, -0.25) is 14.4 Å². The van der Waals surface area contributed by atoms with Crippen LogP contribution < -0.4 is 4.74 Å². The number of fused-ring (bicyclic) bond motifs is 3. The van der Waals surface area contributed by atoms with Crippen molar-refractivity contribution in [1.82, 2.24) is 0 Å². The van der Waals surface area contributed by atoms with Crippen molar-refractivity contribution in [3.63, 3.8) is 0 Å². The largest absolute Gasteiger partial charge is 0.489 e. The molecule has 13 heteroatoms. The van der Waals surface area contributed by atoms with Crippen molar-refractivity contribution in [3.8, 4) is 17.6 Å². The summed E-state index contributed by atoms with van der Waals surface area (Å²) in [6.07, 6.45) is 0.646. The Bertz CT molecular complexity index is 2090. The van der Waals surface area contributed by atoms with Gasteiger partial charge in [0, 0.05) is 77.6 Å². The molecule has 306 valence electrons. The van der Waals surface area contributed by atoms with E-state index in [2.05, 4.69) is 11.8 Å². The number of aryl methyl sites for hydroxylation is 1. The molecule has 58 heavy (non-hydrogen) atoms. The van der Waals surface area contributed by atoms with Gasteiger partial charge >= 0.3 is 29.8 Å². The highest BCUT2D eigenvalue weighted by Gasteiger charge is 2.52. The average Bonchev–Trinajstić information content (AvgIpc) is 3.72. The molecule has 3 aromatic rings. The van der Waals surface area contributed by atoms with E-state index in [0.717, 1.165) is 11.1 Å². The third-order valence-corrected chi connectivity index (χ3v) is 10.8. The molecule has 0 bridgehead atoms. The standard InChI is InChI=1S/C45H46Cl2O11/c1-6-7-14-26(2)36(57-44(51)42(54-27(3)48)30-17-8-10-20-34(30)46)24-23-32-37(58-45(52)43(55-28(4)49)31-18-9-11-21-35(31)47)25-38-40(32)33-19-12-15-29(41(33)56-38)16-13-22-39(50)53-5/h8-12,15,17-21,23-24,26,32,36-38,40,42-43H,13-14,16,22,25H2,1-5H3/b24-23+/t26-,32-,36+,37+,38-,40-,42+,43+/m0/s1. The molecular weight excluding hydrogens is 787 g/mol. The molecular formula is C45H46Cl2O11. The molecule has 0 N–H and O–H groups in total. The fourth-order valence-corrected chi connectivity index (χ4v) is 7.82. The normalized spacial score (nSPS) is 19.8. The van der Waals surface area contributed by atoms with E-state index in [0.29, 0.717) is 25.0 Å². The van der Waals surface area contributed by atoms with Crippen molar-refractivity contribution in [1.29, 1.82) is 0 Å². The molecule has 1 fully saturated rings. The number of methoxy groups -OCH3 is 1. The van der Waals surface area contributed by atoms with Crippen LogP contribution in [0.2, 0.25) is 10.0 Å². The highest BCUT2D eigenvalue weighted by atomic mass is 35.5. The van der Waals surface area contributed by atoms with E-state index in [1.54, 1.807) is 61.5 Å². The first-order chi connectivity index (χ1) is 27.8. The van der Waals surface area contributed by atoms with E-state index in [4.69, 9.17) is 51.6 Å². The molecule has 0 saturated heterocycles. The van der Waals surface area contributed by atoms with Crippen molar-refractivity contribution in [2.24, 2.45) is 11.8 Å². The van der Waals surface area contributed by atoms with Crippen LogP contribution in [0.15, 0.2) is 78.9 Å². The van der Waals surface area contributed by atoms with Crippen LogP contribution in [0.5, 0.6) is 5.75 Å². The summed E-state index contributed by atoms with van der Waals surface area (Å²) in [7, 11) is 1.35. The lowest BCUT2D eigenvalue weighted by Gasteiger charge is -2.26. The minimum absolute atomic E-state index is 0.220. The molecule has 5 rings (SSSR count). The van der Waals surface area contributed by atoms with Crippen LogP contribution in [0.25, 0.3) is 0 Å². The van der Waals surface area contributed by atoms with Crippen molar-refractivity contribution in [2.75, 3.05) is 7.11 Å². The maximum Gasteiger partial charge on any atom is 0.352 e. The van der Waals surface area contributed by atoms with Crippen molar-refractivity contribution < 1.29 is 52.4 Å². The Morgan fingerprint density at radius 2 is 1.48 bits per heavy atom. The quantitative estimate of drug-likeness (QED) is 0.0595. The van der Waals surface area contributed by atoms with E-state index >= 15 is 0 Å². The van der Waals surface area contributed by atoms with E-state index < -0.39 is 60.3 Å². The smallest absolute Gasteiger partial charge is 0.352 e. The number of hydrogen-bond donors (Lipinski definition) is 0. The summed E-state index contributed by atoms with van der Waals surface area (Å²) in [6.45, 7) is 5.97. The predicted molar refractivity (Wildman–Crippen MR) is 215 cm³/mol. The molecule has 1 aliphatic carbocycles. The van der Waals surface area contributed by atoms with Crippen LogP contribution in [-0.2, 0) is 54.1 Å². The molecule has 0 radical (unpaired) electrons. The van der Waals surface area contributed by atoms with Crippen LogP contribution in [-0.4, -0.2) is 55.3 Å². The minimum Gasteiger partial charge on any atom is -0.489 e. The summed E-state index contributed by atoms with van der Waals surface area (Å²) in [5.41, 5.74) is 2.35. The van der Waals surface area contributed by atoms with Crippen molar-refractivity contribution in [3.05, 3.63) is 111 Å². The van der Waals surface area contributed by atoms with Crippen LogP contribution in [0.3, 0.4) is 0 Å². The van der Waals surface area contributed by atoms with Gasteiger partial charge in [-0.2, -0.15) is 0 Å². The lowest BCUT2D eigenvalue weighted by atomic mass is 9.85. The average molecular weight is 834 g/mol. The Morgan fingerprint density at radius 3 is 2.07 bits per heavy atom. The van der Waals surface area contributed by atoms with Gasteiger partial charge in [-0.05, 0) is 43.5 Å². The molecule has 11 nitrogen and oxygen atoms in total. The number of para-hydroxylation sites is 1. The third kappa shape index (κ3) is 10.8. The molecule has 3 aromatic carbocycles. The van der Waals surface area contributed by atoms with Gasteiger partial charge in [-0.25, -0.2) is 9.59 Å². The van der Waals surface area contributed by atoms with Gasteiger partial charge < -0.3 is 28.4 Å². The first-order valence-corrected chi connectivity index (χ1v) is 19.8. The van der Waals surface area contributed by atoms with Crippen molar-refractivity contribution in [2.45, 2.75) is 96.2 Å². The fourth-order valence-electron chi connectivity index (χ4n) is 7.35. The number of ether oxygens (including phenoxy) is 6. The SMILES string of the molecule is CC#CC[C@H](C)[C@@H](/C=C/[C@@H]1[C@H]2c3cccc(CCCC(=O)OC)c3O[C@H]2C[C@H]1OC(=O)[C@H](OC(C)=O)c1ccccc1Cl)OC(=O)[C@H](OC(C)=O)c1ccccc1Cl. The summed E-state index contributed by atoms with van der Waals surface area (Å²) in [5, 5.41) is 0.442. The molecule has 8 atom stereocenters. The summed E-state index contributed by atoms with van der Waals surface area (Å²) in [4.78, 5) is 64.1. The second-order valence-electron chi connectivity index (χ2n) is 14.2. The van der Waals surface area contributed by atoms with Crippen LogP contribution >= 0.6 is 23.2 Å². The van der Waals surface area contributed by atoms with Gasteiger partial charge in [0.2, 0.25) is 12.2 Å². The second-order valence-corrected chi connectivity index (χ2v) is 15.0. The number of halogens is 2. The zero-order chi connectivity index (χ0) is 41.9. The topological polar surface area (TPSA) is 141 Å². The number of hydrogen-bond acceptors (Lipinski definition) is 11. The monoisotopic (exact) mass is 832 g/mol. The molecule has 1 aliphatic heterocycles. The van der Waals surface area contributed by atoms with Gasteiger partial charge in [0.25, 0.3) is 0 Å². The van der Waals surface area contributed by atoms with Gasteiger partial charge in [-0.1, -0.05) is 90.8 Å². The minimum atomic E-state index is -1.44. The number of rotatable bonds is 16. The zero-order valence-corrected chi connectivity index (χ0v) is 34.4. The number of esters is 5. The molecule has 0 spiro atoms. The predicted octanol–water partition coefficient (Wildman–Crippen LogP) is 8.39. The third-order valence-electron chi connectivity index (χ3n) is 10.1. The van der Waals surface area contributed by atoms with E-state index in [-0.39, 0.29) is 51.8 Å². The first kappa shape index (κ1) is 43.8. The van der Waals surface area contributed by atoms with Gasteiger partial charge in [0.05, 0.1) is 7.11 Å². The Hall–Kier alpha value is -5.31. The van der Waals surface area contributed by atoms with Crippen LogP contribution in [0, 0.1) is 23.7 Å². The van der Waals surface area contributed by atoms with E-state index in [1.165, 1.54) is 21.0 Å². The molecule has 1 heterocycles. The molecule has 0 unspecified atom stereocenters. The van der Waals surface area contributed by atoms with Gasteiger partial charge in [0.1, 0.15) is 24.1 Å². The molecule has 0 amide bonds. The summed E-state index contributed by atoms with van der Waals surface area (Å²) < 4.78 is 34.6. The van der Waals surface area contributed by atoms with Crippen molar-refractivity contribution >= 4 is 53.0 Å². The van der Waals surface area contributed by atoms with Crippen LogP contribution in [0.4, 0.5) is 0 Å². The highest BCUT2D eigenvalue weighted by molar-refractivity contribution is 6.32. The molecule has 1 saturated carbocycles. The first-order valence-electron chi connectivity index (χ1n) is 19.0. The summed E-state index contributed by atoms with van der Waals surface area (Å²) >= 11 is 12.9. The Kier molecular flexibility index (Phi) is 15.4. The number of carbonyl (C=O) groups excluding carboxylic acids is 5.